The van der Waals surface area contributed by atoms with Crippen molar-refractivity contribution >= 4 is 12.6 Å². The first-order valence-electron chi connectivity index (χ1n) is 6.02. The molecule has 0 aromatic carbocycles. The van der Waals surface area contributed by atoms with Crippen LogP contribution >= 0.6 is 12.6 Å². The Morgan fingerprint density at radius 3 is 2.36 bits per heavy atom. The molecule has 1 aliphatic rings. The largest absolute Gasteiger partial charge is 0.300 e. The van der Waals surface area contributed by atoms with Gasteiger partial charge >= 0.3 is 0 Å². The maximum Gasteiger partial charge on any atom is 0.00388 e. The normalized spacial score (nSPS) is 19.3. The summed E-state index contributed by atoms with van der Waals surface area (Å²) in [7, 11) is 0. The molecule has 0 radical (unpaired) electrons. The molecule has 1 saturated carbocycles. The van der Waals surface area contributed by atoms with Crippen LogP contribution in [0.2, 0.25) is 0 Å². The van der Waals surface area contributed by atoms with Gasteiger partial charge in [-0.3, -0.25) is 0 Å². The summed E-state index contributed by atoms with van der Waals surface area (Å²) in [6.07, 6.45) is 4.18. The zero-order valence-corrected chi connectivity index (χ0v) is 10.8. The minimum atomic E-state index is 0.699. The molecule has 1 fully saturated rings. The molecule has 0 bridgehead atoms. The topological polar surface area (TPSA) is 3.24 Å². The molecule has 1 nitrogen and oxygen atoms in total. The van der Waals surface area contributed by atoms with Crippen LogP contribution in [0.5, 0.6) is 0 Å². The van der Waals surface area contributed by atoms with Crippen molar-refractivity contribution in [2.24, 2.45) is 11.8 Å². The summed E-state index contributed by atoms with van der Waals surface area (Å²) < 4.78 is 0. The Hall–Kier alpha value is 0.310. The Morgan fingerprint density at radius 1 is 1.36 bits per heavy atom. The molecule has 0 aromatic rings. The van der Waals surface area contributed by atoms with Gasteiger partial charge < -0.3 is 4.90 Å². The van der Waals surface area contributed by atoms with Gasteiger partial charge in [-0.05, 0) is 44.3 Å². The summed E-state index contributed by atoms with van der Waals surface area (Å²) in [6.45, 7) is 9.47. The van der Waals surface area contributed by atoms with Crippen molar-refractivity contribution in [1.82, 2.24) is 4.90 Å². The lowest BCUT2D eigenvalue weighted by molar-refractivity contribution is 0.184. The standard InChI is InChI=1S/C12H25NS/c1-4-11(9-14)7-13(10(2)3)8-12-5-6-12/h10-12,14H,4-9H2,1-3H3. The van der Waals surface area contributed by atoms with E-state index in [4.69, 9.17) is 0 Å². The fourth-order valence-corrected chi connectivity index (χ4v) is 2.15. The second-order valence-electron chi connectivity index (χ2n) is 4.95. The molecule has 0 aliphatic heterocycles. The third-order valence-electron chi connectivity index (χ3n) is 3.25. The minimum absolute atomic E-state index is 0.699. The lowest BCUT2D eigenvalue weighted by atomic mass is 10.1. The van der Waals surface area contributed by atoms with Gasteiger partial charge in [0, 0.05) is 19.1 Å². The second-order valence-corrected chi connectivity index (χ2v) is 5.31. The fourth-order valence-electron chi connectivity index (χ4n) is 1.78. The lowest BCUT2D eigenvalue weighted by Gasteiger charge is -2.29. The minimum Gasteiger partial charge on any atom is -0.300 e. The molecule has 0 heterocycles. The molecule has 0 spiro atoms. The van der Waals surface area contributed by atoms with Crippen LogP contribution in [0.4, 0.5) is 0 Å². The third kappa shape index (κ3) is 4.22. The molecule has 1 unspecified atom stereocenters. The number of hydrogen-bond donors (Lipinski definition) is 1. The van der Waals surface area contributed by atoms with Gasteiger partial charge in [0.25, 0.3) is 0 Å². The summed E-state index contributed by atoms with van der Waals surface area (Å²) in [5.41, 5.74) is 0. The summed E-state index contributed by atoms with van der Waals surface area (Å²) >= 11 is 4.42. The van der Waals surface area contributed by atoms with Crippen molar-refractivity contribution < 1.29 is 0 Å². The quantitative estimate of drug-likeness (QED) is 0.639. The van der Waals surface area contributed by atoms with Crippen molar-refractivity contribution in [1.29, 1.82) is 0 Å². The van der Waals surface area contributed by atoms with Crippen molar-refractivity contribution in [3.63, 3.8) is 0 Å². The molecule has 0 aromatic heterocycles. The van der Waals surface area contributed by atoms with Crippen LogP contribution in [-0.2, 0) is 0 Å². The van der Waals surface area contributed by atoms with E-state index >= 15 is 0 Å². The van der Waals surface area contributed by atoms with Gasteiger partial charge in [0.2, 0.25) is 0 Å². The molecule has 14 heavy (non-hydrogen) atoms. The first-order valence-corrected chi connectivity index (χ1v) is 6.65. The van der Waals surface area contributed by atoms with E-state index in [-0.39, 0.29) is 0 Å². The molecule has 0 N–H and O–H groups in total. The average molecular weight is 215 g/mol. The average Bonchev–Trinajstić information content (AvgIpc) is 2.95. The van der Waals surface area contributed by atoms with Crippen LogP contribution in [-0.4, -0.2) is 29.8 Å². The van der Waals surface area contributed by atoms with Crippen molar-refractivity contribution in [3.8, 4) is 0 Å². The summed E-state index contributed by atoms with van der Waals surface area (Å²) in [5.74, 6) is 2.82. The first kappa shape index (κ1) is 12.4. The maximum atomic E-state index is 4.42. The van der Waals surface area contributed by atoms with Crippen molar-refractivity contribution in [3.05, 3.63) is 0 Å². The Balaban J connectivity index is 2.32. The van der Waals surface area contributed by atoms with Crippen molar-refractivity contribution in [2.75, 3.05) is 18.8 Å². The third-order valence-corrected chi connectivity index (χ3v) is 3.76. The number of rotatable bonds is 7. The molecule has 84 valence electrons. The van der Waals surface area contributed by atoms with Gasteiger partial charge in [0.05, 0.1) is 0 Å². The molecule has 0 amide bonds. The molecular formula is C12H25NS. The first-order chi connectivity index (χ1) is 6.67. The van der Waals surface area contributed by atoms with E-state index in [0.29, 0.717) is 6.04 Å². The van der Waals surface area contributed by atoms with Gasteiger partial charge in [0.15, 0.2) is 0 Å². The molecule has 1 rings (SSSR count). The summed E-state index contributed by atoms with van der Waals surface area (Å²) in [6, 6.07) is 0.699. The highest BCUT2D eigenvalue weighted by molar-refractivity contribution is 7.80. The van der Waals surface area contributed by atoms with E-state index in [2.05, 4.69) is 38.3 Å². The van der Waals surface area contributed by atoms with Crippen LogP contribution < -0.4 is 0 Å². The molecule has 1 aliphatic carbocycles. The van der Waals surface area contributed by atoms with Crippen LogP contribution in [0.3, 0.4) is 0 Å². The van der Waals surface area contributed by atoms with E-state index in [1.807, 2.05) is 0 Å². The Labute approximate surface area is 94.7 Å². The zero-order valence-electron chi connectivity index (χ0n) is 9.87. The van der Waals surface area contributed by atoms with E-state index in [1.54, 1.807) is 0 Å². The van der Waals surface area contributed by atoms with Gasteiger partial charge in [-0.15, -0.1) is 0 Å². The van der Waals surface area contributed by atoms with Gasteiger partial charge in [-0.2, -0.15) is 12.6 Å². The van der Waals surface area contributed by atoms with E-state index < -0.39 is 0 Å². The Morgan fingerprint density at radius 2 is 2.00 bits per heavy atom. The Kier molecular flexibility index (Phi) is 5.32. The molecule has 0 saturated heterocycles. The highest BCUT2D eigenvalue weighted by Crippen LogP contribution is 2.30. The summed E-state index contributed by atoms with van der Waals surface area (Å²) in [4.78, 5) is 2.64. The number of nitrogens with zero attached hydrogens (tertiary/aromatic N) is 1. The van der Waals surface area contributed by atoms with Gasteiger partial charge in [0.1, 0.15) is 0 Å². The van der Waals surface area contributed by atoms with Crippen molar-refractivity contribution in [2.45, 2.75) is 46.1 Å². The van der Waals surface area contributed by atoms with E-state index in [1.165, 1.54) is 32.4 Å². The lowest BCUT2D eigenvalue weighted by Crippen LogP contribution is -2.37. The Bertz CT molecular complexity index is 150. The highest BCUT2D eigenvalue weighted by Gasteiger charge is 2.26. The predicted molar refractivity (Wildman–Crippen MR) is 67.1 cm³/mol. The van der Waals surface area contributed by atoms with Crippen LogP contribution in [0.1, 0.15) is 40.0 Å². The second kappa shape index (κ2) is 6.02. The number of hydrogen-bond acceptors (Lipinski definition) is 2. The fraction of sp³-hybridized carbons (Fsp3) is 1.00. The zero-order chi connectivity index (χ0) is 10.6. The molecule has 1 atom stereocenters. The van der Waals surface area contributed by atoms with E-state index in [0.717, 1.165) is 17.6 Å². The summed E-state index contributed by atoms with van der Waals surface area (Å²) in [5, 5.41) is 0. The SMILES string of the molecule is CCC(CS)CN(CC1CC1)C(C)C. The van der Waals surface area contributed by atoms with Crippen LogP contribution in [0.25, 0.3) is 0 Å². The van der Waals surface area contributed by atoms with Crippen LogP contribution in [0.15, 0.2) is 0 Å². The highest BCUT2D eigenvalue weighted by atomic mass is 32.1. The smallest absolute Gasteiger partial charge is 0.00388 e. The maximum absolute atomic E-state index is 4.42. The predicted octanol–water partition coefficient (Wildman–Crippen LogP) is 3.06. The van der Waals surface area contributed by atoms with Crippen LogP contribution in [0, 0.1) is 11.8 Å². The van der Waals surface area contributed by atoms with Gasteiger partial charge in [-0.1, -0.05) is 13.3 Å². The number of thiol groups is 1. The van der Waals surface area contributed by atoms with E-state index in [9.17, 15) is 0 Å². The van der Waals surface area contributed by atoms with Gasteiger partial charge in [-0.25, -0.2) is 0 Å². The monoisotopic (exact) mass is 215 g/mol. The molecule has 2 heteroatoms. The molecular weight excluding hydrogens is 190 g/mol.